The fraction of sp³-hybridized carbons (Fsp3) is 0.300. The molecule has 0 aliphatic rings. The van der Waals surface area contributed by atoms with Crippen molar-refractivity contribution in [3.63, 3.8) is 0 Å². The van der Waals surface area contributed by atoms with Crippen LogP contribution in [0.25, 0.3) is 0 Å². The lowest BCUT2D eigenvalue weighted by Crippen LogP contribution is -2.42. The number of amides is 2. The van der Waals surface area contributed by atoms with Crippen LogP contribution in [0.15, 0.2) is 48.5 Å². The quantitative estimate of drug-likeness (QED) is 0.753. The molecule has 2 N–H and O–H groups in total. The molecule has 0 aliphatic heterocycles. The lowest BCUT2D eigenvalue weighted by Gasteiger charge is -2.28. The zero-order valence-corrected chi connectivity index (χ0v) is 16.5. The second-order valence-corrected chi connectivity index (χ2v) is 7.48. The summed E-state index contributed by atoms with van der Waals surface area (Å²) in [5, 5.41) is 6.73. The van der Waals surface area contributed by atoms with Gasteiger partial charge in [0.05, 0.1) is 28.0 Å². The van der Waals surface area contributed by atoms with Gasteiger partial charge in [0.25, 0.3) is 0 Å². The molecule has 0 fully saturated rings. The minimum absolute atomic E-state index is 0.133. The predicted molar refractivity (Wildman–Crippen MR) is 105 cm³/mol. The van der Waals surface area contributed by atoms with E-state index in [-0.39, 0.29) is 18.2 Å². The van der Waals surface area contributed by atoms with Crippen molar-refractivity contribution in [2.45, 2.75) is 38.8 Å². The van der Waals surface area contributed by atoms with E-state index < -0.39 is 11.6 Å². The standard InChI is InChI=1S/C20H22Cl2N2O2/c1-13(25)23-18(14-7-5-4-6-8-14)12-19(26)24-20(2,3)15-9-10-16(21)17(22)11-15/h4-11,18H,12H2,1-3H3,(H,23,25)(H,24,26). The van der Waals surface area contributed by atoms with E-state index >= 15 is 0 Å². The second-order valence-electron chi connectivity index (χ2n) is 6.67. The van der Waals surface area contributed by atoms with Crippen LogP contribution < -0.4 is 10.6 Å². The summed E-state index contributed by atoms with van der Waals surface area (Å²) < 4.78 is 0. The van der Waals surface area contributed by atoms with Crippen molar-refractivity contribution in [2.75, 3.05) is 0 Å². The van der Waals surface area contributed by atoms with Crippen LogP contribution in [0.1, 0.15) is 44.4 Å². The molecule has 4 nitrogen and oxygen atoms in total. The third-order valence-corrected chi connectivity index (χ3v) is 4.80. The molecule has 26 heavy (non-hydrogen) atoms. The summed E-state index contributed by atoms with van der Waals surface area (Å²) >= 11 is 12.0. The van der Waals surface area contributed by atoms with Gasteiger partial charge in [0.2, 0.25) is 11.8 Å². The average Bonchev–Trinajstić information content (AvgIpc) is 2.56. The fourth-order valence-electron chi connectivity index (χ4n) is 2.72. The van der Waals surface area contributed by atoms with Crippen LogP contribution in [0, 0.1) is 0 Å². The average molecular weight is 393 g/mol. The highest BCUT2D eigenvalue weighted by molar-refractivity contribution is 6.42. The normalized spacial score (nSPS) is 12.3. The Hall–Kier alpha value is -2.04. The number of nitrogens with one attached hydrogen (secondary N) is 2. The molecular formula is C20H22Cl2N2O2. The zero-order chi connectivity index (χ0) is 19.3. The number of carbonyl (C=O) groups is 2. The molecule has 0 heterocycles. The predicted octanol–water partition coefficient (Wildman–Crippen LogP) is 4.61. The van der Waals surface area contributed by atoms with E-state index in [2.05, 4.69) is 10.6 Å². The Kier molecular flexibility index (Phi) is 6.68. The minimum atomic E-state index is -0.636. The third-order valence-electron chi connectivity index (χ3n) is 4.06. The monoisotopic (exact) mass is 392 g/mol. The van der Waals surface area contributed by atoms with Crippen molar-refractivity contribution < 1.29 is 9.59 Å². The number of benzene rings is 2. The van der Waals surface area contributed by atoms with Gasteiger partial charge >= 0.3 is 0 Å². The summed E-state index contributed by atoms with van der Waals surface area (Å²) in [7, 11) is 0. The number of hydrogen-bond acceptors (Lipinski definition) is 2. The Balaban J connectivity index is 2.13. The maximum Gasteiger partial charge on any atom is 0.223 e. The lowest BCUT2D eigenvalue weighted by atomic mass is 9.93. The van der Waals surface area contributed by atoms with E-state index in [0.29, 0.717) is 10.0 Å². The molecule has 0 aliphatic carbocycles. The molecule has 0 bridgehead atoms. The first kappa shape index (κ1) is 20.3. The van der Waals surface area contributed by atoms with Crippen LogP contribution in [0.4, 0.5) is 0 Å². The van der Waals surface area contributed by atoms with E-state index in [9.17, 15) is 9.59 Å². The minimum Gasteiger partial charge on any atom is -0.349 e. The van der Waals surface area contributed by atoms with Gasteiger partial charge in [-0.15, -0.1) is 0 Å². The van der Waals surface area contributed by atoms with Crippen molar-refractivity contribution in [1.29, 1.82) is 0 Å². The zero-order valence-electron chi connectivity index (χ0n) is 15.0. The highest BCUT2D eigenvalue weighted by Gasteiger charge is 2.25. The summed E-state index contributed by atoms with van der Waals surface area (Å²) in [6, 6.07) is 14.3. The smallest absolute Gasteiger partial charge is 0.223 e. The Morgan fingerprint density at radius 3 is 2.27 bits per heavy atom. The van der Waals surface area contributed by atoms with Crippen LogP contribution in [0.5, 0.6) is 0 Å². The third kappa shape index (κ3) is 5.48. The van der Waals surface area contributed by atoms with Crippen LogP contribution in [-0.2, 0) is 15.1 Å². The Morgan fingerprint density at radius 1 is 1.04 bits per heavy atom. The molecule has 0 aromatic heterocycles. The highest BCUT2D eigenvalue weighted by Crippen LogP contribution is 2.29. The Labute approximate surface area is 163 Å². The van der Waals surface area contributed by atoms with E-state index in [0.717, 1.165) is 11.1 Å². The van der Waals surface area contributed by atoms with Crippen molar-refractivity contribution in [3.8, 4) is 0 Å². The maximum absolute atomic E-state index is 12.6. The van der Waals surface area contributed by atoms with Gasteiger partial charge < -0.3 is 10.6 Å². The van der Waals surface area contributed by atoms with E-state index in [1.54, 1.807) is 12.1 Å². The first-order valence-corrected chi connectivity index (χ1v) is 9.03. The topological polar surface area (TPSA) is 58.2 Å². The number of halogens is 2. The summed E-state index contributed by atoms with van der Waals surface area (Å²) in [4.78, 5) is 24.1. The molecule has 0 radical (unpaired) electrons. The van der Waals surface area contributed by atoms with Crippen molar-refractivity contribution in [2.24, 2.45) is 0 Å². The summed E-state index contributed by atoms with van der Waals surface area (Å²) in [5.41, 5.74) is 1.09. The van der Waals surface area contributed by atoms with Gasteiger partial charge in [-0.3, -0.25) is 9.59 Å². The molecule has 2 aromatic carbocycles. The van der Waals surface area contributed by atoms with Gasteiger partial charge in [-0.1, -0.05) is 59.6 Å². The van der Waals surface area contributed by atoms with Crippen LogP contribution in [-0.4, -0.2) is 11.8 Å². The summed E-state index contributed by atoms with van der Waals surface area (Å²) in [5.74, 6) is -0.362. The fourth-order valence-corrected chi connectivity index (χ4v) is 3.02. The Morgan fingerprint density at radius 2 is 1.69 bits per heavy atom. The van der Waals surface area contributed by atoms with Gasteiger partial charge in [0.15, 0.2) is 0 Å². The van der Waals surface area contributed by atoms with Crippen molar-refractivity contribution >= 4 is 35.0 Å². The molecule has 6 heteroatoms. The number of carbonyl (C=O) groups excluding carboxylic acids is 2. The van der Waals surface area contributed by atoms with Crippen LogP contribution in [0.2, 0.25) is 10.0 Å². The molecule has 0 spiro atoms. The molecule has 2 amide bonds. The van der Waals surface area contributed by atoms with Crippen LogP contribution >= 0.6 is 23.2 Å². The number of hydrogen-bond donors (Lipinski definition) is 2. The van der Waals surface area contributed by atoms with Crippen molar-refractivity contribution in [3.05, 3.63) is 69.7 Å². The van der Waals surface area contributed by atoms with E-state index in [1.165, 1.54) is 6.92 Å². The first-order valence-electron chi connectivity index (χ1n) is 8.27. The largest absolute Gasteiger partial charge is 0.349 e. The molecule has 0 saturated carbocycles. The van der Waals surface area contributed by atoms with E-state index in [4.69, 9.17) is 23.2 Å². The molecule has 2 rings (SSSR count). The maximum atomic E-state index is 12.6. The molecule has 0 saturated heterocycles. The van der Waals surface area contributed by atoms with Gasteiger partial charge in [-0.2, -0.15) is 0 Å². The molecular weight excluding hydrogens is 371 g/mol. The van der Waals surface area contributed by atoms with Gasteiger partial charge in [-0.05, 0) is 37.1 Å². The Bertz CT molecular complexity index is 792. The summed E-state index contributed by atoms with van der Waals surface area (Å²) in [6.45, 7) is 5.22. The first-order chi connectivity index (χ1) is 12.2. The molecule has 1 atom stereocenters. The van der Waals surface area contributed by atoms with E-state index in [1.807, 2.05) is 50.2 Å². The lowest BCUT2D eigenvalue weighted by molar-refractivity contribution is -0.124. The van der Waals surface area contributed by atoms with Gasteiger partial charge in [0, 0.05) is 6.92 Å². The molecule has 1 unspecified atom stereocenters. The highest BCUT2D eigenvalue weighted by atomic mass is 35.5. The summed E-state index contributed by atoms with van der Waals surface area (Å²) in [6.07, 6.45) is 0.133. The SMILES string of the molecule is CC(=O)NC(CC(=O)NC(C)(C)c1ccc(Cl)c(Cl)c1)c1ccccc1. The second kappa shape index (κ2) is 8.56. The van der Waals surface area contributed by atoms with Gasteiger partial charge in [-0.25, -0.2) is 0 Å². The molecule has 2 aromatic rings. The van der Waals surface area contributed by atoms with Crippen LogP contribution in [0.3, 0.4) is 0 Å². The van der Waals surface area contributed by atoms with Crippen molar-refractivity contribution in [1.82, 2.24) is 10.6 Å². The number of rotatable bonds is 6. The molecule has 138 valence electrons. The van der Waals surface area contributed by atoms with Gasteiger partial charge in [0.1, 0.15) is 0 Å².